The summed E-state index contributed by atoms with van der Waals surface area (Å²) in [6.07, 6.45) is 0. The van der Waals surface area contributed by atoms with Crippen LogP contribution in [0.25, 0.3) is 0 Å². The molecule has 1 aliphatic rings. The summed E-state index contributed by atoms with van der Waals surface area (Å²) in [6.45, 7) is 9.29. The van der Waals surface area contributed by atoms with Crippen LogP contribution in [0.4, 0.5) is 0 Å². The van der Waals surface area contributed by atoms with Crippen LogP contribution in [0.3, 0.4) is 0 Å². The van der Waals surface area contributed by atoms with E-state index in [0.29, 0.717) is 6.61 Å². The Morgan fingerprint density at radius 2 is 2.05 bits per heavy atom. The Labute approximate surface area is 130 Å². The van der Waals surface area contributed by atoms with Gasteiger partial charge in [0.25, 0.3) is 0 Å². The molecule has 2 atom stereocenters. The third-order valence-corrected chi connectivity index (χ3v) is 5.22. The minimum Gasteiger partial charge on any atom is -0.493 e. The highest BCUT2D eigenvalue weighted by Gasteiger charge is 2.44. The van der Waals surface area contributed by atoms with Crippen LogP contribution >= 0.6 is 11.3 Å². The Bertz CT molecular complexity index is 659. The van der Waals surface area contributed by atoms with Crippen LogP contribution in [-0.2, 0) is 11.0 Å². The summed E-state index contributed by atoms with van der Waals surface area (Å²) in [6, 6.07) is 8.04. The van der Waals surface area contributed by atoms with E-state index in [2.05, 4.69) is 39.1 Å². The fourth-order valence-corrected chi connectivity index (χ4v) is 3.97. The summed E-state index contributed by atoms with van der Waals surface area (Å²) in [5.41, 5.74) is 8.48. The van der Waals surface area contributed by atoms with Gasteiger partial charge in [-0.15, -0.1) is 11.3 Å². The lowest BCUT2D eigenvalue weighted by Gasteiger charge is -2.39. The zero-order chi connectivity index (χ0) is 15.3. The number of ether oxygens (including phenoxy) is 1. The standard InChI is InChI=1S/C17H22N2OS/c1-11-9-20-13-8-6-5-7-12(13)17(11,18)15-19-14(10-21-15)16(2,3)4/h5-8,10-11H,9,18H2,1-4H3. The Morgan fingerprint density at radius 1 is 1.33 bits per heavy atom. The minimum absolute atomic E-state index is 0.0407. The number of nitrogens with two attached hydrogens (primary N) is 1. The van der Waals surface area contributed by atoms with Crippen molar-refractivity contribution in [3.63, 3.8) is 0 Å². The molecular formula is C17H22N2OS. The smallest absolute Gasteiger partial charge is 0.124 e. The van der Waals surface area contributed by atoms with Crippen LogP contribution in [0.5, 0.6) is 5.75 Å². The molecule has 3 rings (SSSR count). The molecule has 21 heavy (non-hydrogen) atoms. The largest absolute Gasteiger partial charge is 0.493 e. The van der Waals surface area contributed by atoms with Crippen LogP contribution in [0.2, 0.25) is 0 Å². The van der Waals surface area contributed by atoms with Gasteiger partial charge in [0.15, 0.2) is 0 Å². The van der Waals surface area contributed by atoms with Gasteiger partial charge in [-0.3, -0.25) is 0 Å². The molecule has 0 spiro atoms. The molecule has 1 aromatic carbocycles. The van der Waals surface area contributed by atoms with E-state index in [1.165, 1.54) is 0 Å². The fraction of sp³-hybridized carbons (Fsp3) is 0.471. The molecule has 0 bridgehead atoms. The van der Waals surface area contributed by atoms with Crippen LogP contribution < -0.4 is 10.5 Å². The van der Waals surface area contributed by atoms with E-state index >= 15 is 0 Å². The van der Waals surface area contributed by atoms with Crippen molar-refractivity contribution >= 4 is 11.3 Å². The number of thiazole rings is 1. The molecule has 0 saturated heterocycles. The second-order valence-electron chi connectivity index (χ2n) is 6.87. The monoisotopic (exact) mass is 302 g/mol. The summed E-state index contributed by atoms with van der Waals surface area (Å²) >= 11 is 1.66. The lowest BCUT2D eigenvalue weighted by Crippen LogP contribution is -2.49. The highest BCUT2D eigenvalue weighted by Crippen LogP contribution is 2.44. The molecule has 0 radical (unpaired) electrons. The molecule has 0 saturated carbocycles. The normalized spacial score (nSPS) is 25.3. The summed E-state index contributed by atoms with van der Waals surface area (Å²) in [5.74, 6) is 1.07. The third kappa shape index (κ3) is 2.27. The van der Waals surface area contributed by atoms with Crippen molar-refractivity contribution < 1.29 is 4.74 Å². The first-order valence-corrected chi connectivity index (χ1v) is 8.19. The summed E-state index contributed by atoms with van der Waals surface area (Å²) in [4.78, 5) is 4.86. The Balaban J connectivity index is 2.13. The second-order valence-corrected chi connectivity index (χ2v) is 7.72. The number of hydrogen-bond acceptors (Lipinski definition) is 4. The summed E-state index contributed by atoms with van der Waals surface area (Å²) in [7, 11) is 0. The van der Waals surface area contributed by atoms with Gasteiger partial charge >= 0.3 is 0 Å². The van der Waals surface area contributed by atoms with Crippen LogP contribution in [-0.4, -0.2) is 11.6 Å². The first-order chi connectivity index (χ1) is 9.83. The van der Waals surface area contributed by atoms with Crippen molar-refractivity contribution in [1.82, 2.24) is 4.98 Å². The molecule has 2 aromatic rings. The number of para-hydroxylation sites is 1. The van der Waals surface area contributed by atoms with Crippen molar-refractivity contribution in [1.29, 1.82) is 0 Å². The van der Waals surface area contributed by atoms with Gasteiger partial charge < -0.3 is 10.5 Å². The zero-order valence-corrected chi connectivity index (χ0v) is 13.8. The quantitative estimate of drug-likeness (QED) is 0.874. The van der Waals surface area contributed by atoms with Crippen molar-refractivity contribution in [2.24, 2.45) is 11.7 Å². The van der Waals surface area contributed by atoms with Crippen LogP contribution in [0, 0.1) is 5.92 Å². The molecule has 4 heteroatoms. The van der Waals surface area contributed by atoms with Crippen molar-refractivity contribution in [2.45, 2.75) is 38.6 Å². The predicted molar refractivity (Wildman–Crippen MR) is 86.9 cm³/mol. The highest BCUT2D eigenvalue weighted by atomic mass is 32.1. The van der Waals surface area contributed by atoms with E-state index in [1.807, 2.05) is 18.2 Å². The first-order valence-electron chi connectivity index (χ1n) is 7.31. The van der Waals surface area contributed by atoms with E-state index in [4.69, 9.17) is 15.5 Å². The average molecular weight is 302 g/mol. The molecule has 0 fully saturated rings. The summed E-state index contributed by atoms with van der Waals surface area (Å²) in [5, 5.41) is 3.12. The Morgan fingerprint density at radius 3 is 2.71 bits per heavy atom. The van der Waals surface area contributed by atoms with Gasteiger partial charge in [0.05, 0.1) is 12.3 Å². The Kier molecular flexibility index (Phi) is 3.34. The third-order valence-electron chi connectivity index (χ3n) is 4.23. The molecule has 0 amide bonds. The van der Waals surface area contributed by atoms with Crippen molar-refractivity contribution in [2.75, 3.05) is 6.61 Å². The average Bonchev–Trinajstić information content (AvgIpc) is 2.93. The topological polar surface area (TPSA) is 48.1 Å². The van der Waals surface area contributed by atoms with Gasteiger partial charge in [-0.25, -0.2) is 4.98 Å². The molecular weight excluding hydrogens is 280 g/mol. The summed E-state index contributed by atoms with van der Waals surface area (Å²) < 4.78 is 5.82. The van der Waals surface area contributed by atoms with Gasteiger partial charge in [0.1, 0.15) is 16.3 Å². The molecule has 3 nitrogen and oxygen atoms in total. The lowest BCUT2D eigenvalue weighted by atomic mass is 9.78. The molecule has 1 aromatic heterocycles. The molecule has 0 aliphatic carbocycles. The Hall–Kier alpha value is -1.39. The SMILES string of the molecule is CC1COc2ccccc2C1(N)c1nc(C(C)(C)C)cs1. The lowest BCUT2D eigenvalue weighted by molar-refractivity contribution is 0.167. The fourth-order valence-electron chi connectivity index (χ4n) is 2.68. The first kappa shape index (κ1) is 14.5. The molecule has 2 unspecified atom stereocenters. The van der Waals surface area contributed by atoms with Crippen molar-refractivity contribution in [3.8, 4) is 5.75 Å². The van der Waals surface area contributed by atoms with E-state index in [9.17, 15) is 0 Å². The second kappa shape index (κ2) is 4.82. The molecule has 2 heterocycles. The van der Waals surface area contributed by atoms with E-state index in [0.717, 1.165) is 22.0 Å². The van der Waals surface area contributed by atoms with Gasteiger partial charge in [-0.2, -0.15) is 0 Å². The number of fused-ring (bicyclic) bond motifs is 1. The molecule has 112 valence electrons. The van der Waals surface area contributed by atoms with E-state index < -0.39 is 5.54 Å². The number of rotatable bonds is 1. The highest BCUT2D eigenvalue weighted by molar-refractivity contribution is 7.09. The van der Waals surface area contributed by atoms with Gasteiger partial charge in [0, 0.05) is 22.3 Å². The van der Waals surface area contributed by atoms with Crippen molar-refractivity contribution in [3.05, 3.63) is 45.9 Å². The molecule has 1 aliphatic heterocycles. The zero-order valence-electron chi connectivity index (χ0n) is 13.0. The predicted octanol–water partition coefficient (Wildman–Crippen LogP) is 3.67. The van der Waals surface area contributed by atoms with Gasteiger partial charge in [-0.1, -0.05) is 45.9 Å². The minimum atomic E-state index is -0.566. The maximum absolute atomic E-state index is 6.86. The maximum atomic E-state index is 6.86. The van der Waals surface area contributed by atoms with Gasteiger partial charge in [-0.05, 0) is 6.07 Å². The number of nitrogens with zero attached hydrogens (tertiary/aromatic N) is 1. The number of aromatic nitrogens is 1. The maximum Gasteiger partial charge on any atom is 0.124 e. The van der Waals surface area contributed by atoms with Crippen LogP contribution in [0.1, 0.15) is 44.0 Å². The van der Waals surface area contributed by atoms with E-state index in [-0.39, 0.29) is 11.3 Å². The number of hydrogen-bond donors (Lipinski definition) is 1. The number of benzene rings is 1. The van der Waals surface area contributed by atoms with Crippen LogP contribution in [0.15, 0.2) is 29.6 Å². The van der Waals surface area contributed by atoms with E-state index in [1.54, 1.807) is 11.3 Å². The molecule has 2 N–H and O–H groups in total. The van der Waals surface area contributed by atoms with Gasteiger partial charge in [0.2, 0.25) is 0 Å².